The summed E-state index contributed by atoms with van der Waals surface area (Å²) in [6.07, 6.45) is 3.52. The van der Waals surface area contributed by atoms with Gasteiger partial charge >= 0.3 is 0 Å². The van der Waals surface area contributed by atoms with Gasteiger partial charge < -0.3 is 9.47 Å². The topological polar surface area (TPSA) is 25.2 Å². The highest BCUT2D eigenvalue weighted by molar-refractivity contribution is 5.99. The first-order valence-electron chi connectivity index (χ1n) is 7.03. The van der Waals surface area contributed by atoms with Gasteiger partial charge in [-0.3, -0.25) is 4.79 Å². The molecule has 0 atom stereocenters. The monoisotopic (exact) mass is 256 g/mol. The fraction of sp³-hybridized carbons (Fsp3) is 0.438. The van der Waals surface area contributed by atoms with Gasteiger partial charge in [-0.25, -0.2) is 0 Å². The van der Waals surface area contributed by atoms with Gasteiger partial charge in [0.25, 0.3) is 5.91 Å². The van der Waals surface area contributed by atoms with Gasteiger partial charge in [0, 0.05) is 25.5 Å². The number of aromatic nitrogens is 1. The average Bonchev–Trinajstić information content (AvgIpc) is 2.78. The third-order valence-electron chi connectivity index (χ3n) is 4.12. The first-order valence-corrected chi connectivity index (χ1v) is 7.03. The Hall–Kier alpha value is -1.77. The molecular weight excluding hydrogens is 236 g/mol. The summed E-state index contributed by atoms with van der Waals surface area (Å²) in [4.78, 5) is 14.6. The molecule has 0 radical (unpaired) electrons. The number of hydrogen-bond donors (Lipinski definition) is 0. The van der Waals surface area contributed by atoms with Crippen molar-refractivity contribution in [2.75, 3.05) is 13.1 Å². The molecule has 19 heavy (non-hydrogen) atoms. The van der Waals surface area contributed by atoms with Crippen molar-refractivity contribution in [2.45, 2.75) is 26.2 Å². The summed E-state index contributed by atoms with van der Waals surface area (Å²) in [5.41, 5.74) is 3.20. The van der Waals surface area contributed by atoms with E-state index >= 15 is 0 Å². The molecule has 1 saturated heterocycles. The normalized spacial score (nSPS) is 16.0. The van der Waals surface area contributed by atoms with E-state index in [0.717, 1.165) is 37.0 Å². The Bertz CT molecular complexity index is 621. The van der Waals surface area contributed by atoms with Gasteiger partial charge in [-0.15, -0.1) is 0 Å². The summed E-state index contributed by atoms with van der Waals surface area (Å²) in [6.45, 7) is 3.90. The summed E-state index contributed by atoms with van der Waals surface area (Å²) < 4.78 is 2.04. The van der Waals surface area contributed by atoms with E-state index in [1.807, 2.05) is 28.6 Å². The van der Waals surface area contributed by atoms with Crippen LogP contribution in [0.15, 0.2) is 24.3 Å². The molecule has 0 aliphatic carbocycles. The molecule has 0 bridgehead atoms. The van der Waals surface area contributed by atoms with Crippen LogP contribution in [0.2, 0.25) is 0 Å². The van der Waals surface area contributed by atoms with Crippen LogP contribution in [0.5, 0.6) is 0 Å². The van der Waals surface area contributed by atoms with Crippen LogP contribution in [-0.4, -0.2) is 28.5 Å². The van der Waals surface area contributed by atoms with Crippen LogP contribution >= 0.6 is 0 Å². The number of benzene rings is 1. The molecule has 0 spiro atoms. The second-order valence-corrected chi connectivity index (χ2v) is 5.45. The average molecular weight is 256 g/mol. The maximum absolute atomic E-state index is 12.6. The molecule has 3 rings (SSSR count). The quantitative estimate of drug-likeness (QED) is 0.769. The van der Waals surface area contributed by atoms with E-state index in [-0.39, 0.29) is 5.91 Å². The van der Waals surface area contributed by atoms with Gasteiger partial charge in [-0.05, 0) is 37.8 Å². The van der Waals surface area contributed by atoms with Crippen LogP contribution in [0.3, 0.4) is 0 Å². The van der Waals surface area contributed by atoms with E-state index in [9.17, 15) is 4.79 Å². The maximum atomic E-state index is 12.6. The van der Waals surface area contributed by atoms with Crippen LogP contribution in [-0.2, 0) is 7.05 Å². The molecule has 0 unspecified atom stereocenters. The molecule has 0 saturated carbocycles. The van der Waals surface area contributed by atoms with E-state index in [0.29, 0.717) is 0 Å². The van der Waals surface area contributed by atoms with Crippen molar-refractivity contribution in [3.8, 4) is 0 Å². The zero-order chi connectivity index (χ0) is 13.4. The molecule has 1 aromatic carbocycles. The van der Waals surface area contributed by atoms with E-state index in [4.69, 9.17) is 0 Å². The molecule has 100 valence electrons. The highest BCUT2D eigenvalue weighted by Gasteiger charge is 2.21. The Morgan fingerprint density at radius 2 is 1.89 bits per heavy atom. The number of rotatable bonds is 1. The van der Waals surface area contributed by atoms with Crippen molar-refractivity contribution >= 4 is 16.8 Å². The minimum atomic E-state index is 0.179. The predicted octanol–water partition coefficient (Wildman–Crippen LogP) is 3.11. The van der Waals surface area contributed by atoms with Crippen LogP contribution in [0, 0.1) is 6.92 Å². The molecule has 3 heteroatoms. The number of nitrogens with zero attached hydrogens (tertiary/aromatic N) is 2. The fourth-order valence-corrected chi connectivity index (χ4v) is 3.09. The van der Waals surface area contributed by atoms with Crippen LogP contribution in [0.4, 0.5) is 0 Å². The lowest BCUT2D eigenvalue weighted by Gasteiger charge is -2.26. The van der Waals surface area contributed by atoms with Crippen LogP contribution in [0.25, 0.3) is 10.9 Å². The van der Waals surface area contributed by atoms with E-state index in [1.165, 1.54) is 17.5 Å². The Morgan fingerprint density at radius 1 is 1.16 bits per heavy atom. The zero-order valence-corrected chi connectivity index (χ0v) is 11.6. The second-order valence-electron chi connectivity index (χ2n) is 5.45. The molecule has 3 nitrogen and oxygen atoms in total. The number of carbonyl (C=O) groups excluding carboxylic acids is 1. The number of carbonyl (C=O) groups is 1. The Kier molecular flexibility index (Phi) is 3.05. The Morgan fingerprint density at radius 3 is 2.58 bits per heavy atom. The third-order valence-corrected chi connectivity index (χ3v) is 4.12. The molecule has 1 amide bonds. The molecule has 1 aromatic heterocycles. The molecule has 0 N–H and O–H groups in total. The maximum Gasteiger partial charge on any atom is 0.270 e. The molecule has 2 heterocycles. The van der Waals surface area contributed by atoms with Gasteiger partial charge in [0.2, 0.25) is 0 Å². The third kappa shape index (κ3) is 2.03. The van der Waals surface area contributed by atoms with Crippen molar-refractivity contribution in [2.24, 2.45) is 7.05 Å². The number of fused-ring (bicyclic) bond motifs is 1. The molecule has 1 fully saturated rings. The summed E-state index contributed by atoms with van der Waals surface area (Å²) in [5.74, 6) is 0.179. The SMILES string of the molecule is Cc1cccc2cc(C(=O)N3CCCCC3)n(C)c12. The molecule has 1 aliphatic heterocycles. The van der Waals surface area contributed by atoms with Crippen molar-refractivity contribution in [1.82, 2.24) is 9.47 Å². The van der Waals surface area contributed by atoms with Crippen molar-refractivity contribution in [3.63, 3.8) is 0 Å². The first-order chi connectivity index (χ1) is 9.18. The lowest BCUT2D eigenvalue weighted by atomic mass is 10.1. The van der Waals surface area contributed by atoms with Gasteiger partial charge in [-0.2, -0.15) is 0 Å². The smallest absolute Gasteiger partial charge is 0.270 e. The molecule has 2 aromatic rings. The largest absolute Gasteiger partial charge is 0.339 e. The standard InChI is InChI=1S/C16H20N2O/c1-12-7-6-8-13-11-14(17(2)15(12)13)16(19)18-9-4-3-5-10-18/h6-8,11H,3-5,9-10H2,1-2H3. The number of aryl methyl sites for hydroxylation is 2. The highest BCUT2D eigenvalue weighted by atomic mass is 16.2. The van der Waals surface area contributed by atoms with E-state index < -0.39 is 0 Å². The minimum Gasteiger partial charge on any atom is -0.339 e. The van der Waals surface area contributed by atoms with Gasteiger partial charge in [-0.1, -0.05) is 18.2 Å². The predicted molar refractivity (Wildman–Crippen MR) is 77.4 cm³/mol. The summed E-state index contributed by atoms with van der Waals surface area (Å²) in [6, 6.07) is 8.25. The van der Waals surface area contributed by atoms with Crippen molar-refractivity contribution < 1.29 is 4.79 Å². The fourth-order valence-electron chi connectivity index (χ4n) is 3.09. The van der Waals surface area contributed by atoms with Crippen LogP contribution < -0.4 is 0 Å². The van der Waals surface area contributed by atoms with Crippen LogP contribution in [0.1, 0.15) is 35.3 Å². The summed E-state index contributed by atoms with van der Waals surface area (Å²) >= 11 is 0. The lowest BCUT2D eigenvalue weighted by Crippen LogP contribution is -2.36. The number of piperidine rings is 1. The number of amides is 1. The molecule has 1 aliphatic rings. The Balaban J connectivity index is 2.03. The van der Waals surface area contributed by atoms with Gasteiger partial charge in [0.15, 0.2) is 0 Å². The molecular formula is C16H20N2O. The zero-order valence-electron chi connectivity index (χ0n) is 11.6. The highest BCUT2D eigenvalue weighted by Crippen LogP contribution is 2.23. The summed E-state index contributed by atoms with van der Waals surface area (Å²) in [5, 5.41) is 1.16. The van der Waals surface area contributed by atoms with Crippen molar-refractivity contribution in [1.29, 1.82) is 0 Å². The second kappa shape index (κ2) is 4.72. The lowest BCUT2D eigenvalue weighted by molar-refractivity contribution is 0.0715. The first kappa shape index (κ1) is 12.3. The Labute approximate surface area is 113 Å². The van der Waals surface area contributed by atoms with Gasteiger partial charge in [0.1, 0.15) is 5.69 Å². The van der Waals surface area contributed by atoms with Crippen molar-refractivity contribution in [3.05, 3.63) is 35.5 Å². The van der Waals surface area contributed by atoms with Gasteiger partial charge in [0.05, 0.1) is 5.52 Å². The number of para-hydroxylation sites is 1. The number of likely N-dealkylation sites (tertiary alicyclic amines) is 1. The van der Waals surface area contributed by atoms with E-state index in [2.05, 4.69) is 19.1 Å². The summed E-state index contributed by atoms with van der Waals surface area (Å²) in [7, 11) is 1.99. The van der Waals surface area contributed by atoms with E-state index in [1.54, 1.807) is 0 Å². The number of hydrogen-bond acceptors (Lipinski definition) is 1. The minimum absolute atomic E-state index is 0.179.